The number of methoxy groups -OCH3 is 1. The van der Waals surface area contributed by atoms with Crippen LogP contribution in [0.4, 0.5) is 5.00 Å². The summed E-state index contributed by atoms with van der Waals surface area (Å²) in [4.78, 5) is 37.3. The summed E-state index contributed by atoms with van der Waals surface area (Å²) in [6.07, 6.45) is 0.841. The Labute approximate surface area is 172 Å². The molecule has 0 saturated heterocycles. The van der Waals surface area contributed by atoms with E-state index in [0.717, 1.165) is 23.0 Å². The van der Waals surface area contributed by atoms with Crippen molar-refractivity contribution in [1.29, 1.82) is 0 Å². The van der Waals surface area contributed by atoms with Crippen LogP contribution in [0.3, 0.4) is 0 Å². The maximum Gasteiger partial charge on any atom is 0.341 e. The summed E-state index contributed by atoms with van der Waals surface area (Å²) in [5.41, 5.74) is 2.74. The minimum Gasteiger partial charge on any atom is -0.465 e. The highest BCUT2D eigenvalue weighted by Crippen LogP contribution is 2.31. The van der Waals surface area contributed by atoms with Gasteiger partial charge in [0.25, 0.3) is 0 Å². The van der Waals surface area contributed by atoms with Gasteiger partial charge in [0.2, 0.25) is 5.91 Å². The van der Waals surface area contributed by atoms with Crippen molar-refractivity contribution < 1.29 is 14.3 Å². The van der Waals surface area contributed by atoms with Crippen LogP contribution in [0.25, 0.3) is 11.0 Å². The second kappa shape index (κ2) is 8.65. The van der Waals surface area contributed by atoms with E-state index in [1.54, 1.807) is 16.2 Å². The number of nitrogens with one attached hydrogen (secondary N) is 1. The van der Waals surface area contributed by atoms with E-state index >= 15 is 0 Å². The maximum absolute atomic E-state index is 12.6. The molecule has 0 spiro atoms. The molecule has 8 heteroatoms. The van der Waals surface area contributed by atoms with Gasteiger partial charge in [0.1, 0.15) is 5.00 Å². The number of benzene rings is 1. The Hall–Kier alpha value is -2.87. The monoisotopic (exact) mass is 415 g/mol. The van der Waals surface area contributed by atoms with Gasteiger partial charge in [-0.2, -0.15) is 0 Å². The molecule has 0 radical (unpaired) electrons. The van der Waals surface area contributed by atoms with Crippen LogP contribution in [-0.4, -0.2) is 28.1 Å². The third-order valence-electron chi connectivity index (χ3n) is 4.75. The summed E-state index contributed by atoms with van der Waals surface area (Å²) in [5, 5.41) is 5.20. The van der Waals surface area contributed by atoms with E-state index in [9.17, 15) is 14.4 Å². The number of amides is 1. The standard InChI is InChI=1S/C21H25N3O4S/c1-13(2)11-14-12-29-19(18(14)20(26)28-4)22-17(25)9-10-24-16-8-6-5-7-15(16)23(3)21(24)27/h5-8,12-13H,9-11H2,1-4H3,(H,22,25). The van der Waals surface area contributed by atoms with E-state index in [1.807, 2.05) is 29.6 Å². The maximum atomic E-state index is 12.6. The molecule has 1 N–H and O–H groups in total. The molecule has 0 aliphatic heterocycles. The van der Waals surface area contributed by atoms with Gasteiger partial charge >= 0.3 is 11.7 Å². The molecule has 2 aromatic heterocycles. The largest absolute Gasteiger partial charge is 0.465 e. The first-order chi connectivity index (χ1) is 13.8. The summed E-state index contributed by atoms with van der Waals surface area (Å²) in [5.74, 6) is -0.342. The van der Waals surface area contributed by atoms with Crippen molar-refractivity contribution in [3.8, 4) is 0 Å². The minimum atomic E-state index is -0.456. The SMILES string of the molecule is COC(=O)c1c(CC(C)C)csc1NC(=O)CCn1c(=O)n(C)c2ccccc21. The zero-order valence-corrected chi connectivity index (χ0v) is 17.8. The predicted octanol–water partition coefficient (Wildman–Crippen LogP) is 3.42. The van der Waals surface area contributed by atoms with Crippen LogP contribution in [0.5, 0.6) is 0 Å². The first-order valence-electron chi connectivity index (χ1n) is 9.46. The third-order valence-corrected chi connectivity index (χ3v) is 5.70. The summed E-state index contributed by atoms with van der Waals surface area (Å²) in [6.45, 7) is 4.39. The highest BCUT2D eigenvalue weighted by molar-refractivity contribution is 7.15. The Morgan fingerprint density at radius 3 is 2.55 bits per heavy atom. The van der Waals surface area contributed by atoms with Crippen LogP contribution in [-0.2, 0) is 29.5 Å². The number of carbonyl (C=O) groups excluding carboxylic acids is 2. The molecule has 0 bridgehead atoms. The van der Waals surface area contributed by atoms with Crippen molar-refractivity contribution >= 4 is 39.2 Å². The van der Waals surface area contributed by atoms with E-state index in [4.69, 9.17) is 4.74 Å². The number of aromatic nitrogens is 2. The molecule has 7 nitrogen and oxygen atoms in total. The zero-order valence-electron chi connectivity index (χ0n) is 17.0. The number of thiophene rings is 1. The molecule has 0 aliphatic rings. The van der Waals surface area contributed by atoms with Gasteiger partial charge in [0, 0.05) is 20.0 Å². The van der Waals surface area contributed by atoms with Gasteiger partial charge in [-0.15, -0.1) is 11.3 Å². The number of fused-ring (bicyclic) bond motifs is 1. The van der Waals surface area contributed by atoms with Gasteiger partial charge in [-0.3, -0.25) is 13.9 Å². The highest BCUT2D eigenvalue weighted by atomic mass is 32.1. The Morgan fingerprint density at radius 1 is 1.21 bits per heavy atom. The number of hydrogen-bond donors (Lipinski definition) is 1. The van der Waals surface area contributed by atoms with E-state index in [0.29, 0.717) is 16.5 Å². The number of rotatable bonds is 7. The minimum absolute atomic E-state index is 0.117. The second-order valence-corrected chi connectivity index (χ2v) is 8.21. The lowest BCUT2D eigenvalue weighted by molar-refractivity contribution is -0.116. The van der Waals surface area contributed by atoms with E-state index in [1.165, 1.54) is 18.4 Å². The number of nitrogens with zero attached hydrogens (tertiary/aromatic N) is 2. The molecule has 3 rings (SSSR count). The van der Waals surface area contributed by atoms with Crippen LogP contribution in [0.1, 0.15) is 36.2 Å². The number of aryl methyl sites for hydroxylation is 2. The topological polar surface area (TPSA) is 82.3 Å². The lowest BCUT2D eigenvalue weighted by atomic mass is 10.0. The van der Waals surface area contributed by atoms with Crippen LogP contribution in [0.2, 0.25) is 0 Å². The predicted molar refractivity (Wildman–Crippen MR) is 115 cm³/mol. The smallest absolute Gasteiger partial charge is 0.341 e. The lowest BCUT2D eigenvalue weighted by Crippen LogP contribution is -2.24. The number of hydrogen-bond acceptors (Lipinski definition) is 5. The normalized spacial score (nSPS) is 11.2. The number of imidazole rings is 1. The molecule has 154 valence electrons. The van der Waals surface area contributed by atoms with Crippen molar-refractivity contribution in [2.45, 2.75) is 33.2 Å². The number of para-hydroxylation sites is 2. The molecule has 3 aromatic rings. The Balaban J connectivity index is 1.77. The molecule has 0 fully saturated rings. The van der Waals surface area contributed by atoms with Crippen molar-refractivity contribution in [2.24, 2.45) is 13.0 Å². The number of esters is 1. The lowest BCUT2D eigenvalue weighted by Gasteiger charge is -2.09. The molecule has 0 saturated carbocycles. The zero-order chi connectivity index (χ0) is 21.1. The molecular weight excluding hydrogens is 390 g/mol. The highest BCUT2D eigenvalue weighted by Gasteiger charge is 2.22. The number of carbonyl (C=O) groups is 2. The summed E-state index contributed by atoms with van der Waals surface area (Å²) < 4.78 is 8.06. The van der Waals surface area contributed by atoms with E-state index < -0.39 is 5.97 Å². The summed E-state index contributed by atoms with van der Waals surface area (Å²) >= 11 is 1.32. The van der Waals surface area contributed by atoms with Gasteiger partial charge in [-0.25, -0.2) is 9.59 Å². The first kappa shape index (κ1) is 20.9. The quantitative estimate of drug-likeness (QED) is 0.600. The van der Waals surface area contributed by atoms with Crippen LogP contribution < -0.4 is 11.0 Å². The van der Waals surface area contributed by atoms with Gasteiger partial charge < -0.3 is 10.1 Å². The van der Waals surface area contributed by atoms with Crippen molar-refractivity contribution in [3.05, 3.63) is 51.3 Å². The fourth-order valence-corrected chi connectivity index (χ4v) is 4.36. The summed E-state index contributed by atoms with van der Waals surface area (Å²) in [6, 6.07) is 7.47. The van der Waals surface area contributed by atoms with Crippen molar-refractivity contribution in [2.75, 3.05) is 12.4 Å². The van der Waals surface area contributed by atoms with Crippen LogP contribution in [0, 0.1) is 5.92 Å². The fraction of sp³-hybridized carbons (Fsp3) is 0.381. The molecule has 1 amide bonds. The average Bonchev–Trinajstić information content (AvgIpc) is 3.18. The molecule has 1 aromatic carbocycles. The fourth-order valence-electron chi connectivity index (χ4n) is 3.38. The molecule has 29 heavy (non-hydrogen) atoms. The van der Waals surface area contributed by atoms with Crippen LogP contribution >= 0.6 is 11.3 Å². The first-order valence-corrected chi connectivity index (χ1v) is 10.3. The molecule has 0 aliphatic carbocycles. The third kappa shape index (κ3) is 4.27. The van der Waals surface area contributed by atoms with E-state index in [2.05, 4.69) is 19.2 Å². The second-order valence-electron chi connectivity index (χ2n) is 7.33. The van der Waals surface area contributed by atoms with Gasteiger partial charge in [0.05, 0.1) is 23.7 Å². The molecule has 2 heterocycles. The molecule has 0 unspecified atom stereocenters. The number of anilines is 1. The van der Waals surface area contributed by atoms with Gasteiger partial charge in [0.15, 0.2) is 0 Å². The van der Waals surface area contributed by atoms with E-state index in [-0.39, 0.29) is 24.6 Å². The van der Waals surface area contributed by atoms with Gasteiger partial charge in [-0.1, -0.05) is 26.0 Å². The molecular formula is C21H25N3O4S. The average molecular weight is 416 g/mol. The van der Waals surface area contributed by atoms with Crippen LogP contribution in [0.15, 0.2) is 34.4 Å². The Kier molecular flexibility index (Phi) is 6.22. The van der Waals surface area contributed by atoms with Crippen molar-refractivity contribution in [3.63, 3.8) is 0 Å². The number of ether oxygens (including phenoxy) is 1. The Morgan fingerprint density at radius 2 is 1.90 bits per heavy atom. The Bertz CT molecular complexity index is 1110. The van der Waals surface area contributed by atoms with Crippen molar-refractivity contribution in [1.82, 2.24) is 9.13 Å². The van der Waals surface area contributed by atoms with Gasteiger partial charge in [-0.05, 0) is 35.4 Å². The summed E-state index contributed by atoms with van der Waals surface area (Å²) in [7, 11) is 3.05. The molecule has 0 atom stereocenters.